The molecule has 0 aliphatic rings. The van der Waals surface area contributed by atoms with Gasteiger partial charge in [-0.05, 0) is 25.1 Å². The Morgan fingerprint density at radius 1 is 1.39 bits per heavy atom. The van der Waals surface area contributed by atoms with Crippen LogP contribution >= 0.6 is 23.2 Å². The first kappa shape index (κ1) is 13.4. The van der Waals surface area contributed by atoms with Crippen molar-refractivity contribution < 1.29 is 0 Å². The number of halogens is 2. The average Bonchev–Trinajstić information content (AvgIpc) is 2.78. The molecule has 0 radical (unpaired) electrons. The minimum absolute atomic E-state index is 0.127. The standard InChI is InChI=1S/C13H15Cl2N3/c1-16-11(12-7-18(2)8-17-12)6-9-4-3-5-10(14)13(9)15/h3-5,7-8,11,16H,6H2,1-2H3. The molecule has 2 aromatic rings. The largest absolute Gasteiger partial charge is 0.340 e. The maximum Gasteiger partial charge on any atom is 0.0947 e. The van der Waals surface area contributed by atoms with Gasteiger partial charge in [0.1, 0.15) is 0 Å². The monoisotopic (exact) mass is 283 g/mol. The zero-order chi connectivity index (χ0) is 13.1. The predicted molar refractivity (Wildman–Crippen MR) is 75.2 cm³/mol. The van der Waals surface area contributed by atoms with E-state index in [9.17, 15) is 0 Å². The fourth-order valence-electron chi connectivity index (χ4n) is 1.89. The topological polar surface area (TPSA) is 29.9 Å². The fraction of sp³-hybridized carbons (Fsp3) is 0.308. The van der Waals surface area contributed by atoms with E-state index < -0.39 is 0 Å². The van der Waals surface area contributed by atoms with Gasteiger partial charge in [0.15, 0.2) is 0 Å². The van der Waals surface area contributed by atoms with Gasteiger partial charge >= 0.3 is 0 Å². The first-order valence-electron chi connectivity index (χ1n) is 5.70. The summed E-state index contributed by atoms with van der Waals surface area (Å²) < 4.78 is 1.93. The molecule has 1 heterocycles. The summed E-state index contributed by atoms with van der Waals surface area (Å²) in [5, 5.41) is 4.46. The predicted octanol–water partition coefficient (Wildman–Crippen LogP) is 3.23. The molecular formula is C13H15Cl2N3. The van der Waals surface area contributed by atoms with Crippen molar-refractivity contribution in [1.82, 2.24) is 14.9 Å². The zero-order valence-electron chi connectivity index (χ0n) is 10.3. The maximum atomic E-state index is 6.20. The second kappa shape index (κ2) is 5.74. The van der Waals surface area contributed by atoms with Crippen molar-refractivity contribution in [3.63, 3.8) is 0 Å². The normalized spacial score (nSPS) is 12.7. The molecule has 0 spiro atoms. The molecule has 1 N–H and O–H groups in total. The lowest BCUT2D eigenvalue weighted by Gasteiger charge is -2.15. The molecule has 0 aliphatic heterocycles. The minimum Gasteiger partial charge on any atom is -0.340 e. The number of hydrogen-bond donors (Lipinski definition) is 1. The van der Waals surface area contributed by atoms with Gasteiger partial charge in [-0.25, -0.2) is 4.98 Å². The summed E-state index contributed by atoms with van der Waals surface area (Å²) in [4.78, 5) is 4.36. The number of hydrogen-bond acceptors (Lipinski definition) is 2. The van der Waals surface area contributed by atoms with Gasteiger partial charge in [-0.1, -0.05) is 35.3 Å². The van der Waals surface area contributed by atoms with Crippen LogP contribution in [0.2, 0.25) is 10.0 Å². The Balaban J connectivity index is 2.23. The quantitative estimate of drug-likeness (QED) is 0.934. The lowest BCUT2D eigenvalue weighted by atomic mass is 10.0. The van der Waals surface area contributed by atoms with E-state index >= 15 is 0 Å². The van der Waals surface area contributed by atoms with Crippen LogP contribution in [-0.2, 0) is 13.5 Å². The fourth-order valence-corrected chi connectivity index (χ4v) is 2.29. The van der Waals surface area contributed by atoms with Crippen LogP contribution in [0.15, 0.2) is 30.7 Å². The molecule has 0 amide bonds. The number of nitrogens with zero attached hydrogens (tertiary/aromatic N) is 2. The Kier molecular flexibility index (Phi) is 4.27. The molecule has 18 heavy (non-hydrogen) atoms. The third kappa shape index (κ3) is 2.86. The van der Waals surface area contributed by atoms with E-state index in [1.807, 2.05) is 37.0 Å². The van der Waals surface area contributed by atoms with E-state index in [2.05, 4.69) is 10.3 Å². The number of likely N-dealkylation sites (N-methyl/N-ethyl adjacent to an activating group) is 1. The molecule has 5 heteroatoms. The number of aryl methyl sites for hydroxylation is 1. The molecule has 1 aromatic heterocycles. The Labute approximate surface area is 117 Å². The number of rotatable bonds is 4. The van der Waals surface area contributed by atoms with Crippen LogP contribution in [0.4, 0.5) is 0 Å². The van der Waals surface area contributed by atoms with E-state index in [4.69, 9.17) is 23.2 Å². The summed E-state index contributed by atoms with van der Waals surface area (Å²) in [6.45, 7) is 0. The van der Waals surface area contributed by atoms with Gasteiger partial charge < -0.3 is 9.88 Å². The van der Waals surface area contributed by atoms with Crippen LogP contribution in [0.25, 0.3) is 0 Å². The average molecular weight is 284 g/mol. The van der Waals surface area contributed by atoms with Gasteiger partial charge in [-0.2, -0.15) is 0 Å². The van der Waals surface area contributed by atoms with Gasteiger partial charge in [0.05, 0.1) is 28.1 Å². The molecule has 3 nitrogen and oxygen atoms in total. The second-order valence-electron chi connectivity index (χ2n) is 4.22. The number of aromatic nitrogens is 2. The van der Waals surface area contributed by atoms with Gasteiger partial charge in [-0.3, -0.25) is 0 Å². The first-order chi connectivity index (χ1) is 8.61. The Morgan fingerprint density at radius 3 is 2.78 bits per heavy atom. The highest BCUT2D eigenvalue weighted by atomic mass is 35.5. The lowest BCUT2D eigenvalue weighted by molar-refractivity contribution is 0.578. The van der Waals surface area contributed by atoms with Crippen molar-refractivity contribution in [2.45, 2.75) is 12.5 Å². The van der Waals surface area contributed by atoms with E-state index in [-0.39, 0.29) is 6.04 Å². The molecule has 96 valence electrons. The van der Waals surface area contributed by atoms with Gasteiger partial charge in [0.2, 0.25) is 0 Å². The highest BCUT2D eigenvalue weighted by molar-refractivity contribution is 6.42. The molecule has 0 saturated heterocycles. The number of imidazole rings is 1. The molecule has 1 unspecified atom stereocenters. The Hall–Kier alpha value is -1.03. The molecule has 0 bridgehead atoms. The summed E-state index contributed by atoms with van der Waals surface area (Å²) in [5.74, 6) is 0. The molecule has 2 rings (SSSR count). The van der Waals surface area contributed by atoms with E-state index in [0.717, 1.165) is 17.7 Å². The van der Waals surface area contributed by atoms with Crippen LogP contribution in [0.3, 0.4) is 0 Å². The maximum absolute atomic E-state index is 6.20. The molecule has 0 saturated carbocycles. The van der Waals surface area contributed by atoms with Crippen molar-refractivity contribution in [2.75, 3.05) is 7.05 Å². The zero-order valence-corrected chi connectivity index (χ0v) is 11.8. The smallest absolute Gasteiger partial charge is 0.0947 e. The summed E-state index contributed by atoms with van der Waals surface area (Å²) >= 11 is 12.2. The van der Waals surface area contributed by atoms with E-state index in [1.165, 1.54) is 0 Å². The van der Waals surface area contributed by atoms with Crippen molar-refractivity contribution in [3.05, 3.63) is 52.0 Å². The van der Waals surface area contributed by atoms with Crippen molar-refractivity contribution in [2.24, 2.45) is 7.05 Å². The number of benzene rings is 1. The molecule has 1 atom stereocenters. The van der Waals surface area contributed by atoms with Crippen LogP contribution in [-0.4, -0.2) is 16.6 Å². The first-order valence-corrected chi connectivity index (χ1v) is 6.45. The van der Waals surface area contributed by atoms with E-state index in [1.54, 1.807) is 12.4 Å². The molecule has 0 aliphatic carbocycles. The second-order valence-corrected chi connectivity index (χ2v) is 5.01. The Bertz CT molecular complexity index is 537. The third-order valence-corrected chi connectivity index (χ3v) is 3.74. The van der Waals surface area contributed by atoms with Crippen molar-refractivity contribution in [3.8, 4) is 0 Å². The highest BCUT2D eigenvalue weighted by Gasteiger charge is 2.15. The summed E-state index contributed by atoms with van der Waals surface area (Å²) in [6, 6.07) is 5.82. The molecular weight excluding hydrogens is 269 g/mol. The summed E-state index contributed by atoms with van der Waals surface area (Å²) in [6.07, 6.45) is 4.55. The molecule has 1 aromatic carbocycles. The summed E-state index contributed by atoms with van der Waals surface area (Å²) in [7, 11) is 3.87. The lowest BCUT2D eigenvalue weighted by Crippen LogP contribution is -2.19. The van der Waals surface area contributed by atoms with E-state index in [0.29, 0.717) is 10.0 Å². The summed E-state index contributed by atoms with van der Waals surface area (Å²) in [5.41, 5.74) is 2.02. The van der Waals surface area contributed by atoms with Crippen LogP contribution in [0, 0.1) is 0 Å². The van der Waals surface area contributed by atoms with Crippen LogP contribution < -0.4 is 5.32 Å². The highest BCUT2D eigenvalue weighted by Crippen LogP contribution is 2.28. The van der Waals surface area contributed by atoms with Crippen molar-refractivity contribution in [1.29, 1.82) is 0 Å². The van der Waals surface area contributed by atoms with Crippen LogP contribution in [0.5, 0.6) is 0 Å². The Morgan fingerprint density at radius 2 is 2.17 bits per heavy atom. The van der Waals surface area contributed by atoms with Gasteiger partial charge in [0.25, 0.3) is 0 Å². The minimum atomic E-state index is 0.127. The van der Waals surface area contributed by atoms with Gasteiger partial charge in [0, 0.05) is 13.2 Å². The number of nitrogens with one attached hydrogen (secondary N) is 1. The van der Waals surface area contributed by atoms with Gasteiger partial charge in [-0.15, -0.1) is 0 Å². The third-order valence-electron chi connectivity index (χ3n) is 2.89. The SMILES string of the molecule is CNC(Cc1cccc(Cl)c1Cl)c1cn(C)cn1. The van der Waals surface area contributed by atoms with Crippen molar-refractivity contribution >= 4 is 23.2 Å². The van der Waals surface area contributed by atoms with Crippen LogP contribution in [0.1, 0.15) is 17.3 Å². The molecule has 0 fully saturated rings.